The average molecular weight is 744 g/mol. The molecule has 3 aliphatic rings. The second kappa shape index (κ2) is 15.1. The van der Waals surface area contributed by atoms with Crippen molar-refractivity contribution in [2.24, 2.45) is 0 Å². The van der Waals surface area contributed by atoms with Gasteiger partial charge in [0, 0.05) is 90.6 Å². The minimum Gasteiger partial charge on any atom is -0.508 e. The fraction of sp³-hybridized carbons (Fsp3) is 0.279. The van der Waals surface area contributed by atoms with Crippen LogP contribution in [0.4, 0.5) is 5.69 Å². The Bertz CT molecular complexity index is 2570. The summed E-state index contributed by atoms with van der Waals surface area (Å²) in [5.74, 6) is -1.50. The molecule has 4 aromatic rings. The first kappa shape index (κ1) is 36.9. The minimum absolute atomic E-state index is 0.0227. The number of phenols is 1. The van der Waals surface area contributed by atoms with Crippen molar-refractivity contribution in [2.75, 3.05) is 57.3 Å². The molecule has 2 amide bonds. The van der Waals surface area contributed by atoms with Crippen LogP contribution >= 0.6 is 0 Å². The summed E-state index contributed by atoms with van der Waals surface area (Å²) in [4.78, 5) is 58.2. The predicted octanol–water partition coefficient (Wildman–Crippen LogP) is 5.97. The summed E-state index contributed by atoms with van der Waals surface area (Å²) >= 11 is 0. The summed E-state index contributed by atoms with van der Waals surface area (Å²) in [5, 5.41) is 22.6. The summed E-state index contributed by atoms with van der Waals surface area (Å²) in [6.45, 7) is 12.3. The van der Waals surface area contributed by atoms with Gasteiger partial charge in [0.1, 0.15) is 41.3 Å². The van der Waals surface area contributed by atoms with Crippen molar-refractivity contribution >= 4 is 45.4 Å². The highest BCUT2D eigenvalue weighted by Crippen LogP contribution is 2.42. The largest absolute Gasteiger partial charge is 0.508 e. The van der Waals surface area contributed by atoms with Gasteiger partial charge in [-0.2, -0.15) is 0 Å². The van der Waals surface area contributed by atoms with Crippen LogP contribution in [0.25, 0.3) is 44.4 Å². The second-order valence-electron chi connectivity index (χ2n) is 13.5. The number of carbonyl (C=O) groups excluding carboxylic acids is 2. The lowest BCUT2D eigenvalue weighted by molar-refractivity contribution is 0.0533. The molecule has 0 radical (unpaired) electrons. The lowest BCUT2D eigenvalue weighted by atomic mass is 9.89. The van der Waals surface area contributed by atoms with E-state index in [1.54, 1.807) is 23.1 Å². The van der Waals surface area contributed by atoms with E-state index in [0.29, 0.717) is 27.9 Å². The molecule has 0 saturated carbocycles. The van der Waals surface area contributed by atoms with Gasteiger partial charge in [-0.1, -0.05) is 6.07 Å². The van der Waals surface area contributed by atoms with Crippen LogP contribution in [0.1, 0.15) is 58.8 Å². The number of hydrogen-bond donors (Lipinski definition) is 2. The molecular formula is C43H43N4O8+. The summed E-state index contributed by atoms with van der Waals surface area (Å²) in [6.07, 6.45) is 0. The molecule has 12 nitrogen and oxygen atoms in total. The van der Waals surface area contributed by atoms with E-state index in [1.165, 1.54) is 29.2 Å². The van der Waals surface area contributed by atoms with Crippen molar-refractivity contribution in [2.45, 2.75) is 27.7 Å². The van der Waals surface area contributed by atoms with Gasteiger partial charge in [0.05, 0.1) is 11.6 Å². The molecule has 0 spiro atoms. The van der Waals surface area contributed by atoms with Gasteiger partial charge >= 0.3 is 11.6 Å². The lowest BCUT2D eigenvalue weighted by Crippen LogP contribution is -2.51. The van der Waals surface area contributed by atoms with Crippen molar-refractivity contribution in [1.82, 2.24) is 14.4 Å². The Kier molecular flexibility index (Phi) is 10.2. The number of benzene rings is 4. The maximum Gasteiger partial charge on any atom is 0.349 e. The van der Waals surface area contributed by atoms with Crippen LogP contribution in [0.3, 0.4) is 0 Å². The van der Waals surface area contributed by atoms with Gasteiger partial charge < -0.3 is 33.7 Å². The van der Waals surface area contributed by atoms with E-state index in [1.807, 2.05) is 36.4 Å². The number of anilines is 1. The number of carboxylic acid groups (broad SMARTS) is 1. The summed E-state index contributed by atoms with van der Waals surface area (Å²) in [5.41, 5.74) is 2.93. The van der Waals surface area contributed by atoms with E-state index in [9.17, 15) is 29.4 Å². The van der Waals surface area contributed by atoms with Crippen LogP contribution in [0.5, 0.6) is 5.75 Å². The molecule has 0 unspecified atom stereocenters. The van der Waals surface area contributed by atoms with Gasteiger partial charge in [-0.3, -0.25) is 9.59 Å². The fourth-order valence-corrected chi connectivity index (χ4v) is 7.52. The van der Waals surface area contributed by atoms with Gasteiger partial charge in [0.2, 0.25) is 5.36 Å². The molecule has 55 heavy (non-hydrogen) atoms. The third kappa shape index (κ3) is 6.91. The summed E-state index contributed by atoms with van der Waals surface area (Å²) in [7, 11) is 0. The highest BCUT2D eigenvalue weighted by atomic mass is 16.4. The quantitative estimate of drug-likeness (QED) is 0.104. The van der Waals surface area contributed by atoms with Crippen LogP contribution in [0.15, 0.2) is 92.5 Å². The first-order valence-corrected chi connectivity index (χ1v) is 18.6. The zero-order valence-corrected chi connectivity index (χ0v) is 31.3. The monoisotopic (exact) mass is 743 g/mol. The second-order valence-corrected chi connectivity index (χ2v) is 13.5. The molecule has 0 bridgehead atoms. The number of carboxylic acids is 1. The van der Waals surface area contributed by atoms with Gasteiger partial charge in [-0.25, -0.2) is 14.2 Å². The molecule has 2 aliphatic heterocycles. The number of rotatable bonds is 9. The van der Waals surface area contributed by atoms with E-state index in [2.05, 4.69) is 37.2 Å². The molecule has 3 aromatic carbocycles. The van der Waals surface area contributed by atoms with E-state index >= 15 is 0 Å². The predicted molar refractivity (Wildman–Crippen MR) is 211 cm³/mol. The smallest absolute Gasteiger partial charge is 0.349 e. The van der Waals surface area contributed by atoms with Crippen LogP contribution < -0.4 is 20.5 Å². The summed E-state index contributed by atoms with van der Waals surface area (Å²) < 4.78 is 14.1. The maximum absolute atomic E-state index is 13.9. The number of piperazine rings is 1. The molecule has 1 saturated heterocycles. The van der Waals surface area contributed by atoms with Gasteiger partial charge in [-0.15, -0.1) is 0 Å². The number of aromatic carboxylic acids is 1. The summed E-state index contributed by atoms with van der Waals surface area (Å²) in [6, 6.07) is 22.5. The van der Waals surface area contributed by atoms with E-state index < -0.39 is 17.5 Å². The average Bonchev–Trinajstić information content (AvgIpc) is 3.19. The molecule has 1 aromatic heterocycles. The molecule has 7 rings (SSSR count). The maximum atomic E-state index is 13.9. The molecular weight excluding hydrogens is 700 g/mol. The minimum atomic E-state index is -1.17. The number of amides is 2. The van der Waals surface area contributed by atoms with Gasteiger partial charge in [-0.05, 0) is 81.8 Å². The Morgan fingerprint density at radius 3 is 2.09 bits per heavy atom. The molecule has 3 heterocycles. The van der Waals surface area contributed by atoms with E-state index in [0.717, 1.165) is 48.2 Å². The number of hydrogen-bond acceptors (Lipinski definition) is 8. The van der Waals surface area contributed by atoms with Crippen molar-refractivity contribution in [1.29, 1.82) is 0 Å². The Balaban J connectivity index is 1.22. The Morgan fingerprint density at radius 2 is 1.42 bits per heavy atom. The van der Waals surface area contributed by atoms with Crippen molar-refractivity contribution < 1.29 is 33.4 Å². The first-order chi connectivity index (χ1) is 26.5. The molecule has 2 N–H and O–H groups in total. The Morgan fingerprint density at radius 1 is 0.727 bits per heavy atom. The van der Waals surface area contributed by atoms with Crippen LogP contribution in [-0.2, 0) is 0 Å². The molecule has 12 heteroatoms. The molecule has 1 fully saturated rings. The number of carbonyl (C=O) groups is 3. The normalized spacial score (nSPS) is 13.1. The Hall–Kier alpha value is -6.43. The lowest BCUT2D eigenvalue weighted by Gasteiger charge is -2.34. The number of fused-ring (bicyclic) bond motifs is 3. The Labute approximate surface area is 317 Å². The van der Waals surface area contributed by atoms with Crippen LogP contribution in [0, 0.1) is 0 Å². The van der Waals surface area contributed by atoms with Crippen LogP contribution in [-0.4, -0.2) is 90.2 Å². The van der Waals surface area contributed by atoms with Crippen molar-refractivity contribution in [3.8, 4) is 28.2 Å². The standard InChI is InChI=1S/C43H42N4O8/c1-5-44(6-2)28-11-15-32-37(23-28)54-38-24-29(45(7-3)8-4)12-16-33(38)39(32)31-14-10-27(22-34(31)42(51)52)40(49)46-17-19-47(20-18-46)41(50)35-21-26-9-13-30(48)25-36(26)55-43(35)53/h9-16,21-25H,5-8,17-20H2,1-4H3,(H-,48,50,51,52,53)/p+1. The zero-order valence-electron chi connectivity index (χ0n) is 31.3. The molecule has 1 aliphatic carbocycles. The number of aromatic hydroxyl groups is 1. The highest BCUT2D eigenvalue weighted by molar-refractivity contribution is 6.09. The molecule has 0 atom stereocenters. The van der Waals surface area contributed by atoms with Crippen molar-refractivity contribution in [3.63, 3.8) is 0 Å². The third-order valence-electron chi connectivity index (χ3n) is 10.5. The van der Waals surface area contributed by atoms with E-state index in [-0.39, 0.29) is 60.1 Å². The third-order valence-corrected chi connectivity index (χ3v) is 10.5. The van der Waals surface area contributed by atoms with Gasteiger partial charge in [0.25, 0.3) is 11.8 Å². The molecule has 282 valence electrons. The van der Waals surface area contributed by atoms with Gasteiger partial charge in [0.15, 0.2) is 0 Å². The zero-order chi connectivity index (χ0) is 39.0. The topological polar surface area (TPSA) is 148 Å². The number of nitrogens with zero attached hydrogens (tertiary/aromatic N) is 4. The highest BCUT2D eigenvalue weighted by Gasteiger charge is 2.29. The fourth-order valence-electron chi connectivity index (χ4n) is 7.52. The first-order valence-electron chi connectivity index (χ1n) is 18.6. The SMILES string of the molecule is CCN(CC)c1ccc2c(-c3ccc(C(=O)N4CCN(C(=O)c5cc6ccc(O)cc6oc5=O)CC4)cc3C(=O)O)c3ccc(=[N+](CC)CC)cc-3oc2c1. The van der Waals surface area contributed by atoms with Crippen molar-refractivity contribution in [3.05, 3.63) is 111 Å². The van der Waals surface area contributed by atoms with Crippen LogP contribution in [0.2, 0.25) is 0 Å². The number of phenolic OH excluding ortho intramolecular Hbond substituents is 1. The van der Waals surface area contributed by atoms with E-state index in [4.69, 9.17) is 8.83 Å².